The summed E-state index contributed by atoms with van der Waals surface area (Å²) >= 11 is 17.1. The van der Waals surface area contributed by atoms with Gasteiger partial charge in [0.15, 0.2) is 0 Å². The van der Waals surface area contributed by atoms with E-state index >= 15 is 0 Å². The molecule has 114 valence electrons. The maximum atomic E-state index is 13.9. The third kappa shape index (κ3) is 2.67. The van der Waals surface area contributed by atoms with E-state index in [1.165, 1.54) is 0 Å². The van der Waals surface area contributed by atoms with Gasteiger partial charge in [0.2, 0.25) is 0 Å². The van der Waals surface area contributed by atoms with Gasteiger partial charge in [0, 0.05) is 18.2 Å². The fraction of sp³-hybridized carbons (Fsp3) is 0.167. The van der Waals surface area contributed by atoms with Gasteiger partial charge in [0.05, 0.1) is 10.0 Å². The minimum absolute atomic E-state index is 0.282. The number of aromatic nitrogens is 1. The van der Waals surface area contributed by atoms with Gasteiger partial charge in [-0.15, -0.1) is 0 Å². The molecule has 2 aromatic rings. The van der Waals surface area contributed by atoms with Crippen molar-refractivity contribution in [3.8, 4) is 16.9 Å². The molecule has 1 aromatic carbocycles. The average Bonchev–Trinajstić information content (AvgIpc) is 2.55. The summed E-state index contributed by atoms with van der Waals surface area (Å²) in [6.45, 7) is 0. The Bertz CT molecular complexity index is 725. The number of alkyl halides is 3. The van der Waals surface area contributed by atoms with Crippen LogP contribution in [0.2, 0.25) is 15.2 Å². The van der Waals surface area contributed by atoms with Crippen LogP contribution in [0.15, 0.2) is 12.1 Å². The topological polar surface area (TPSA) is 25.2 Å². The third-order valence-electron chi connectivity index (χ3n) is 2.84. The second-order valence-corrected chi connectivity index (χ2v) is 5.31. The standard InChI is InChI=1S/C12H6Cl3F4NO/c1-20-10(12(17,18)19)9(14)8(11(20)15)4-2-7(21)5(13)3-6(4)16/h2-3,21H,1H3. The van der Waals surface area contributed by atoms with E-state index in [1.807, 2.05) is 0 Å². The molecule has 1 aromatic heterocycles. The van der Waals surface area contributed by atoms with Gasteiger partial charge < -0.3 is 9.67 Å². The number of halogens is 7. The number of hydrogen-bond donors (Lipinski definition) is 1. The van der Waals surface area contributed by atoms with E-state index in [0.717, 1.165) is 19.2 Å². The number of hydrogen-bond acceptors (Lipinski definition) is 1. The van der Waals surface area contributed by atoms with Crippen molar-refractivity contribution in [1.29, 1.82) is 0 Å². The van der Waals surface area contributed by atoms with Crippen molar-refractivity contribution in [2.24, 2.45) is 7.05 Å². The zero-order valence-corrected chi connectivity index (χ0v) is 12.5. The normalized spacial score (nSPS) is 12.0. The Morgan fingerprint density at radius 3 is 2.19 bits per heavy atom. The molecule has 0 atom stereocenters. The van der Waals surface area contributed by atoms with Gasteiger partial charge in [-0.3, -0.25) is 0 Å². The first-order valence-corrected chi connectivity index (χ1v) is 6.48. The Labute approximate surface area is 131 Å². The second kappa shape index (κ2) is 5.26. The molecule has 0 aliphatic rings. The van der Waals surface area contributed by atoms with Gasteiger partial charge in [-0.1, -0.05) is 34.8 Å². The summed E-state index contributed by atoms with van der Waals surface area (Å²) in [7, 11) is 1.05. The Morgan fingerprint density at radius 1 is 1.14 bits per heavy atom. The van der Waals surface area contributed by atoms with Crippen molar-refractivity contribution in [1.82, 2.24) is 4.57 Å². The number of rotatable bonds is 1. The quantitative estimate of drug-likeness (QED) is 0.664. The van der Waals surface area contributed by atoms with Gasteiger partial charge >= 0.3 is 6.18 Å². The van der Waals surface area contributed by atoms with Crippen LogP contribution in [0.4, 0.5) is 17.6 Å². The lowest BCUT2D eigenvalue weighted by molar-refractivity contribution is -0.142. The molecule has 0 aliphatic carbocycles. The highest BCUT2D eigenvalue weighted by Crippen LogP contribution is 2.47. The van der Waals surface area contributed by atoms with Crippen LogP contribution in [0.3, 0.4) is 0 Å². The summed E-state index contributed by atoms with van der Waals surface area (Å²) in [6, 6.07) is 1.63. The van der Waals surface area contributed by atoms with Crippen LogP contribution in [0.1, 0.15) is 5.69 Å². The largest absolute Gasteiger partial charge is 0.506 e. The highest BCUT2D eigenvalue weighted by molar-refractivity contribution is 6.40. The zero-order chi connectivity index (χ0) is 16.1. The first-order valence-electron chi connectivity index (χ1n) is 5.35. The minimum atomic E-state index is -4.77. The molecule has 0 bridgehead atoms. The molecule has 0 spiro atoms. The SMILES string of the molecule is Cn1c(Cl)c(-c2cc(O)c(Cl)cc2F)c(Cl)c1C(F)(F)F. The van der Waals surface area contributed by atoms with Crippen molar-refractivity contribution < 1.29 is 22.7 Å². The molecule has 0 fully saturated rings. The van der Waals surface area contributed by atoms with Crippen LogP contribution in [-0.2, 0) is 13.2 Å². The van der Waals surface area contributed by atoms with Crippen LogP contribution in [0, 0.1) is 5.82 Å². The van der Waals surface area contributed by atoms with Gasteiger partial charge in [0.1, 0.15) is 22.4 Å². The number of phenolic OH excluding ortho intramolecular Hbond substituents is 1. The molecule has 1 N–H and O–H groups in total. The number of phenols is 1. The van der Waals surface area contributed by atoms with E-state index < -0.39 is 33.6 Å². The van der Waals surface area contributed by atoms with E-state index in [2.05, 4.69) is 0 Å². The molecule has 0 saturated carbocycles. The molecule has 0 unspecified atom stereocenters. The first-order chi connectivity index (χ1) is 9.55. The summed E-state index contributed by atoms with van der Waals surface area (Å²) in [6.07, 6.45) is -4.77. The number of aromatic hydroxyl groups is 1. The molecule has 1 heterocycles. The van der Waals surface area contributed by atoms with E-state index in [-0.39, 0.29) is 16.1 Å². The number of nitrogens with zero attached hydrogens (tertiary/aromatic N) is 1. The maximum absolute atomic E-state index is 13.9. The van der Waals surface area contributed by atoms with Crippen LogP contribution in [0.5, 0.6) is 5.75 Å². The van der Waals surface area contributed by atoms with Crippen molar-refractivity contribution >= 4 is 34.8 Å². The lowest BCUT2D eigenvalue weighted by Gasteiger charge is -2.08. The number of benzene rings is 1. The molecule has 0 saturated heterocycles. The van der Waals surface area contributed by atoms with Gasteiger partial charge in [-0.2, -0.15) is 13.2 Å². The molecule has 0 aliphatic heterocycles. The predicted molar refractivity (Wildman–Crippen MR) is 72.5 cm³/mol. The molecular formula is C12H6Cl3F4NO. The highest BCUT2D eigenvalue weighted by Gasteiger charge is 2.40. The molecule has 2 rings (SSSR count). The maximum Gasteiger partial charge on any atom is 0.432 e. The lowest BCUT2D eigenvalue weighted by atomic mass is 10.1. The molecular weight excluding hydrogens is 356 g/mol. The lowest BCUT2D eigenvalue weighted by Crippen LogP contribution is -2.11. The fourth-order valence-electron chi connectivity index (χ4n) is 1.90. The second-order valence-electron chi connectivity index (χ2n) is 4.17. The molecule has 0 amide bonds. The van der Waals surface area contributed by atoms with Crippen LogP contribution < -0.4 is 0 Å². The van der Waals surface area contributed by atoms with E-state index in [4.69, 9.17) is 34.8 Å². The van der Waals surface area contributed by atoms with E-state index in [0.29, 0.717) is 4.57 Å². The monoisotopic (exact) mass is 361 g/mol. The highest BCUT2D eigenvalue weighted by atomic mass is 35.5. The Kier molecular flexibility index (Phi) is 4.08. The molecule has 2 nitrogen and oxygen atoms in total. The predicted octanol–water partition coefficient (Wildman–Crippen LogP) is 5.52. The van der Waals surface area contributed by atoms with Crippen molar-refractivity contribution in [3.05, 3.63) is 38.8 Å². The van der Waals surface area contributed by atoms with Crippen molar-refractivity contribution in [2.45, 2.75) is 6.18 Å². The van der Waals surface area contributed by atoms with Gasteiger partial charge in [-0.05, 0) is 12.1 Å². The molecule has 0 radical (unpaired) electrons. The van der Waals surface area contributed by atoms with Crippen LogP contribution in [0.25, 0.3) is 11.1 Å². The first kappa shape index (κ1) is 16.3. The Hall–Kier alpha value is -1.11. The smallest absolute Gasteiger partial charge is 0.432 e. The molecule has 21 heavy (non-hydrogen) atoms. The van der Waals surface area contributed by atoms with E-state index in [9.17, 15) is 22.7 Å². The Balaban J connectivity index is 2.81. The van der Waals surface area contributed by atoms with Gasteiger partial charge in [0.25, 0.3) is 0 Å². The van der Waals surface area contributed by atoms with Crippen LogP contribution in [-0.4, -0.2) is 9.67 Å². The summed E-state index contributed by atoms with van der Waals surface area (Å²) in [4.78, 5) is 0. The van der Waals surface area contributed by atoms with Crippen LogP contribution >= 0.6 is 34.8 Å². The third-order valence-corrected chi connectivity index (χ3v) is 3.95. The summed E-state index contributed by atoms with van der Waals surface area (Å²) in [5.41, 5.74) is -1.95. The van der Waals surface area contributed by atoms with Gasteiger partial charge in [-0.25, -0.2) is 4.39 Å². The van der Waals surface area contributed by atoms with Crippen molar-refractivity contribution in [3.63, 3.8) is 0 Å². The molecule has 9 heteroatoms. The average molecular weight is 363 g/mol. The minimum Gasteiger partial charge on any atom is -0.506 e. The zero-order valence-electron chi connectivity index (χ0n) is 10.2. The van der Waals surface area contributed by atoms with E-state index in [1.54, 1.807) is 0 Å². The van der Waals surface area contributed by atoms with Crippen molar-refractivity contribution in [2.75, 3.05) is 0 Å². The fourth-order valence-corrected chi connectivity index (χ4v) is 2.80. The summed E-state index contributed by atoms with van der Waals surface area (Å²) in [5.74, 6) is -1.46. The summed E-state index contributed by atoms with van der Waals surface area (Å²) < 4.78 is 53.3. The summed E-state index contributed by atoms with van der Waals surface area (Å²) in [5, 5.41) is 8.04. The Morgan fingerprint density at radius 2 is 1.71 bits per heavy atom.